The molecule has 2 aromatic carbocycles. The topological polar surface area (TPSA) is 93.9 Å². The van der Waals surface area contributed by atoms with Crippen molar-refractivity contribution < 1.29 is 24.2 Å². The van der Waals surface area contributed by atoms with Gasteiger partial charge in [0.1, 0.15) is 5.82 Å². The maximum absolute atomic E-state index is 12.6. The summed E-state index contributed by atoms with van der Waals surface area (Å²) in [5.41, 5.74) is 4.49. The maximum Gasteiger partial charge on any atom is 0.414 e. The quantitative estimate of drug-likeness (QED) is 0.476. The van der Waals surface area contributed by atoms with E-state index < -0.39 is 11.9 Å². The Hall–Kier alpha value is -3.39. The standard InChI is InChI=1S/C29H35N3O5/c1-18-9-14-22-24(31(18)29(35)37-3)15-16-25-27(22)30-26(32(25)20-10-12-21(36-2)13-11-20)17-23(28(33)34)19-7-5-4-6-8-19/h4-8,15-16,18,20-21,23H,9-14,17H2,1-3H3,(H,33,34)/t18-,20?,21?,23?/m0/s1. The highest BCUT2D eigenvalue weighted by Gasteiger charge is 2.34. The number of aliphatic carboxylic acids is 1. The number of rotatable bonds is 6. The van der Waals surface area contributed by atoms with Gasteiger partial charge in [0.15, 0.2) is 0 Å². The number of nitrogens with zero attached hydrogens (tertiary/aromatic N) is 3. The maximum atomic E-state index is 12.6. The van der Waals surface area contributed by atoms with Crippen LogP contribution in [0.15, 0.2) is 42.5 Å². The molecule has 2 atom stereocenters. The fraction of sp³-hybridized carbons (Fsp3) is 0.483. The van der Waals surface area contributed by atoms with E-state index in [1.54, 1.807) is 12.0 Å². The van der Waals surface area contributed by atoms with Crippen molar-refractivity contribution in [2.24, 2.45) is 0 Å². The van der Waals surface area contributed by atoms with E-state index in [9.17, 15) is 14.7 Å². The van der Waals surface area contributed by atoms with Crippen LogP contribution in [-0.2, 0) is 27.1 Å². The van der Waals surface area contributed by atoms with Gasteiger partial charge in [0.2, 0.25) is 0 Å². The van der Waals surface area contributed by atoms with Gasteiger partial charge in [-0.3, -0.25) is 9.69 Å². The van der Waals surface area contributed by atoms with E-state index in [2.05, 4.69) is 4.57 Å². The molecular formula is C29H35N3O5. The number of carboxylic acids is 1. The van der Waals surface area contributed by atoms with E-state index in [4.69, 9.17) is 14.5 Å². The first kappa shape index (κ1) is 25.3. The molecule has 37 heavy (non-hydrogen) atoms. The van der Waals surface area contributed by atoms with Crippen LogP contribution < -0.4 is 4.90 Å². The normalized spacial score (nSPS) is 22.5. The first-order chi connectivity index (χ1) is 17.9. The first-order valence-electron chi connectivity index (χ1n) is 13.1. The number of methoxy groups -OCH3 is 2. The number of fused-ring (bicyclic) bond motifs is 3. The third-order valence-corrected chi connectivity index (χ3v) is 8.13. The van der Waals surface area contributed by atoms with Gasteiger partial charge in [-0.05, 0) is 63.1 Å². The summed E-state index contributed by atoms with van der Waals surface area (Å²) in [7, 11) is 3.17. The van der Waals surface area contributed by atoms with Crippen LogP contribution >= 0.6 is 0 Å². The molecule has 0 spiro atoms. The number of imidazole rings is 1. The summed E-state index contributed by atoms with van der Waals surface area (Å²) < 4.78 is 13.0. The predicted molar refractivity (Wildman–Crippen MR) is 141 cm³/mol. The molecule has 0 bridgehead atoms. The SMILES string of the molecule is COC(=O)N1c2ccc3c(nc(CC(C(=O)O)c4ccccc4)n3C3CCC(OC)CC3)c2CC[C@@H]1C. The Morgan fingerprint density at radius 2 is 1.78 bits per heavy atom. The summed E-state index contributed by atoms with van der Waals surface area (Å²) in [6.45, 7) is 2.03. The molecule has 1 N–H and O–H groups in total. The van der Waals surface area contributed by atoms with Crippen LogP contribution in [-0.4, -0.2) is 53.1 Å². The number of amides is 1. The molecule has 196 valence electrons. The number of ether oxygens (including phenoxy) is 2. The van der Waals surface area contributed by atoms with Crippen molar-refractivity contribution in [3.05, 3.63) is 59.4 Å². The Bertz CT molecular complexity index is 1280. The number of hydrogen-bond acceptors (Lipinski definition) is 5. The molecule has 0 radical (unpaired) electrons. The average molecular weight is 506 g/mol. The zero-order valence-electron chi connectivity index (χ0n) is 21.7. The van der Waals surface area contributed by atoms with Crippen molar-refractivity contribution in [1.29, 1.82) is 0 Å². The lowest BCUT2D eigenvalue weighted by Crippen LogP contribution is -2.42. The Balaban J connectivity index is 1.63. The average Bonchev–Trinajstić information content (AvgIpc) is 3.30. The van der Waals surface area contributed by atoms with Crippen molar-refractivity contribution in [3.63, 3.8) is 0 Å². The third-order valence-electron chi connectivity index (χ3n) is 8.13. The van der Waals surface area contributed by atoms with Crippen molar-refractivity contribution in [2.75, 3.05) is 19.1 Å². The minimum Gasteiger partial charge on any atom is -0.481 e. The lowest BCUT2D eigenvalue weighted by atomic mass is 9.91. The molecule has 2 heterocycles. The van der Waals surface area contributed by atoms with Gasteiger partial charge >= 0.3 is 12.1 Å². The molecule has 5 rings (SSSR count). The van der Waals surface area contributed by atoms with Gasteiger partial charge in [0, 0.05) is 31.2 Å². The molecule has 8 nitrogen and oxygen atoms in total. The van der Waals surface area contributed by atoms with Crippen LogP contribution in [0.5, 0.6) is 0 Å². The second-order valence-corrected chi connectivity index (χ2v) is 10.2. The smallest absolute Gasteiger partial charge is 0.414 e. The largest absolute Gasteiger partial charge is 0.481 e. The van der Waals surface area contributed by atoms with Gasteiger partial charge in [0.25, 0.3) is 0 Å². The zero-order chi connectivity index (χ0) is 26.1. The highest BCUT2D eigenvalue weighted by molar-refractivity contribution is 5.95. The molecule has 0 saturated heterocycles. The number of carboxylic acid groups (broad SMARTS) is 1. The van der Waals surface area contributed by atoms with Gasteiger partial charge in [-0.15, -0.1) is 0 Å². The van der Waals surface area contributed by atoms with Gasteiger partial charge in [0.05, 0.1) is 35.9 Å². The third kappa shape index (κ3) is 4.70. The van der Waals surface area contributed by atoms with E-state index in [0.717, 1.165) is 72.2 Å². The van der Waals surface area contributed by atoms with Crippen molar-refractivity contribution >= 4 is 28.8 Å². The van der Waals surface area contributed by atoms with Crippen LogP contribution in [0.25, 0.3) is 11.0 Å². The summed E-state index contributed by atoms with van der Waals surface area (Å²) in [6, 6.07) is 13.7. The van der Waals surface area contributed by atoms with Gasteiger partial charge in [-0.1, -0.05) is 30.3 Å². The predicted octanol–water partition coefficient (Wildman–Crippen LogP) is 5.48. The number of aryl methyl sites for hydroxylation is 1. The minimum atomic E-state index is -0.861. The summed E-state index contributed by atoms with van der Waals surface area (Å²) in [5, 5.41) is 10.2. The Kier molecular flexibility index (Phi) is 7.20. The minimum absolute atomic E-state index is 0.0257. The Morgan fingerprint density at radius 1 is 1.05 bits per heavy atom. The van der Waals surface area contributed by atoms with Crippen LogP contribution in [0.3, 0.4) is 0 Å². The fourth-order valence-electron chi connectivity index (χ4n) is 6.13. The summed E-state index contributed by atoms with van der Waals surface area (Å²) >= 11 is 0. The van der Waals surface area contributed by atoms with Crippen molar-refractivity contribution in [3.8, 4) is 0 Å². The molecule has 1 aliphatic heterocycles. The number of hydrogen-bond donors (Lipinski definition) is 1. The van der Waals surface area contributed by atoms with Crippen LogP contribution in [0.4, 0.5) is 10.5 Å². The molecule has 2 aliphatic rings. The number of aromatic nitrogens is 2. The Labute approximate surface area is 217 Å². The van der Waals surface area contributed by atoms with Gasteiger partial charge in [-0.25, -0.2) is 9.78 Å². The number of carbonyl (C=O) groups excluding carboxylic acids is 1. The van der Waals surface area contributed by atoms with Crippen LogP contribution in [0.2, 0.25) is 0 Å². The molecule has 3 aromatic rings. The number of anilines is 1. The van der Waals surface area contributed by atoms with Gasteiger partial charge < -0.3 is 19.1 Å². The van der Waals surface area contributed by atoms with E-state index in [0.29, 0.717) is 6.42 Å². The van der Waals surface area contributed by atoms with Crippen molar-refractivity contribution in [2.45, 2.75) is 76.0 Å². The van der Waals surface area contributed by atoms with Crippen LogP contribution in [0.1, 0.15) is 67.9 Å². The first-order valence-corrected chi connectivity index (χ1v) is 13.1. The lowest BCUT2D eigenvalue weighted by molar-refractivity contribution is -0.138. The second kappa shape index (κ2) is 10.5. The van der Waals surface area contributed by atoms with Crippen molar-refractivity contribution in [1.82, 2.24) is 9.55 Å². The molecule has 8 heteroatoms. The lowest BCUT2D eigenvalue weighted by Gasteiger charge is -2.34. The highest BCUT2D eigenvalue weighted by Crippen LogP contribution is 2.40. The molecule has 1 aliphatic carbocycles. The van der Waals surface area contributed by atoms with E-state index in [1.807, 2.05) is 49.4 Å². The van der Waals surface area contributed by atoms with E-state index in [1.165, 1.54) is 7.11 Å². The molecule has 1 amide bonds. The summed E-state index contributed by atoms with van der Waals surface area (Å²) in [4.78, 5) is 31.9. The summed E-state index contributed by atoms with van der Waals surface area (Å²) in [6.07, 6.45) is 5.60. The number of carbonyl (C=O) groups is 2. The zero-order valence-corrected chi connectivity index (χ0v) is 21.7. The van der Waals surface area contributed by atoms with Crippen LogP contribution in [0, 0.1) is 0 Å². The van der Waals surface area contributed by atoms with E-state index >= 15 is 0 Å². The Morgan fingerprint density at radius 3 is 2.43 bits per heavy atom. The molecule has 1 aromatic heterocycles. The molecular weight excluding hydrogens is 470 g/mol. The molecule has 1 saturated carbocycles. The number of benzene rings is 2. The molecule has 1 unspecified atom stereocenters. The van der Waals surface area contributed by atoms with Gasteiger partial charge in [-0.2, -0.15) is 0 Å². The fourth-order valence-corrected chi connectivity index (χ4v) is 6.13. The summed E-state index contributed by atoms with van der Waals surface area (Å²) in [5.74, 6) is -0.779. The second-order valence-electron chi connectivity index (χ2n) is 10.2. The monoisotopic (exact) mass is 505 g/mol. The van der Waals surface area contributed by atoms with E-state index in [-0.39, 0.29) is 24.3 Å². The molecule has 1 fully saturated rings. The highest BCUT2D eigenvalue weighted by atomic mass is 16.5.